The molecule has 0 radical (unpaired) electrons. The molecule has 0 atom stereocenters. The smallest absolute Gasteiger partial charge is 0.258 e. The Kier molecular flexibility index (Phi) is 3.58. The molecule has 118 valence electrons. The molecule has 0 N–H and O–H groups in total. The predicted octanol–water partition coefficient (Wildman–Crippen LogP) is 3.78. The van der Waals surface area contributed by atoms with E-state index in [2.05, 4.69) is 27.1 Å². The number of hydrogen-bond donors (Lipinski definition) is 0. The largest absolute Gasteiger partial charge is 0.305 e. The number of halogens is 1. The van der Waals surface area contributed by atoms with Crippen LogP contribution in [-0.2, 0) is 0 Å². The zero-order valence-electron chi connectivity index (χ0n) is 12.7. The second-order valence-electron chi connectivity index (χ2n) is 5.80. The van der Waals surface area contributed by atoms with E-state index in [4.69, 9.17) is 5.26 Å². The summed E-state index contributed by atoms with van der Waals surface area (Å²) < 4.78 is 2.58. The van der Waals surface area contributed by atoms with Crippen LogP contribution >= 0.6 is 15.9 Å². The van der Waals surface area contributed by atoms with Gasteiger partial charge in [0.15, 0.2) is 0 Å². The molecule has 6 heteroatoms. The van der Waals surface area contributed by atoms with Crippen molar-refractivity contribution in [3.8, 4) is 6.07 Å². The number of hydrogen-bond acceptors (Lipinski definition) is 3. The van der Waals surface area contributed by atoms with Gasteiger partial charge in [0, 0.05) is 23.5 Å². The third kappa shape index (κ3) is 2.57. The van der Waals surface area contributed by atoms with E-state index >= 15 is 0 Å². The number of nitriles is 1. The van der Waals surface area contributed by atoms with Crippen LogP contribution in [0.15, 0.2) is 53.3 Å². The first-order chi connectivity index (χ1) is 11.7. The molecule has 1 amide bonds. The first kappa shape index (κ1) is 14.9. The summed E-state index contributed by atoms with van der Waals surface area (Å²) in [6.07, 6.45) is 5.51. The van der Waals surface area contributed by atoms with Crippen LogP contribution in [0.4, 0.5) is 5.69 Å². The van der Waals surface area contributed by atoms with Gasteiger partial charge in [-0.05, 0) is 65.2 Å². The van der Waals surface area contributed by atoms with E-state index in [-0.39, 0.29) is 11.9 Å². The zero-order chi connectivity index (χ0) is 16.7. The number of anilines is 1. The molecule has 0 bridgehead atoms. The van der Waals surface area contributed by atoms with Crippen LogP contribution in [0.5, 0.6) is 0 Å². The molecule has 0 aliphatic heterocycles. The van der Waals surface area contributed by atoms with Crippen molar-refractivity contribution in [3.63, 3.8) is 0 Å². The molecule has 1 aromatic carbocycles. The van der Waals surface area contributed by atoms with Crippen molar-refractivity contribution in [2.24, 2.45) is 0 Å². The van der Waals surface area contributed by atoms with Gasteiger partial charge in [0.1, 0.15) is 0 Å². The summed E-state index contributed by atoms with van der Waals surface area (Å²) in [5.41, 5.74) is 2.90. The van der Waals surface area contributed by atoms with Crippen LogP contribution in [-0.4, -0.2) is 21.6 Å². The third-order valence-corrected chi connectivity index (χ3v) is 4.74. The highest BCUT2D eigenvalue weighted by Gasteiger charge is 2.34. The first-order valence-electron chi connectivity index (χ1n) is 7.64. The predicted molar refractivity (Wildman–Crippen MR) is 93.9 cm³/mol. The molecule has 2 heterocycles. The molecule has 0 spiro atoms. The van der Waals surface area contributed by atoms with Crippen LogP contribution in [0.3, 0.4) is 0 Å². The van der Waals surface area contributed by atoms with Crippen molar-refractivity contribution in [2.45, 2.75) is 18.9 Å². The number of benzene rings is 1. The van der Waals surface area contributed by atoms with Crippen molar-refractivity contribution in [1.82, 2.24) is 9.61 Å². The summed E-state index contributed by atoms with van der Waals surface area (Å²) in [6.45, 7) is 0. The molecule has 1 saturated carbocycles. The average molecular weight is 381 g/mol. The van der Waals surface area contributed by atoms with Gasteiger partial charge < -0.3 is 4.90 Å². The van der Waals surface area contributed by atoms with Gasteiger partial charge in [-0.3, -0.25) is 4.79 Å². The highest BCUT2D eigenvalue weighted by Crippen LogP contribution is 2.33. The molecule has 24 heavy (non-hydrogen) atoms. The van der Waals surface area contributed by atoms with Gasteiger partial charge in [-0.1, -0.05) is 0 Å². The van der Waals surface area contributed by atoms with Gasteiger partial charge in [-0.2, -0.15) is 10.4 Å². The van der Waals surface area contributed by atoms with E-state index in [0.717, 1.165) is 28.5 Å². The highest BCUT2D eigenvalue weighted by molar-refractivity contribution is 9.10. The minimum atomic E-state index is -0.0298. The number of aromatic nitrogens is 2. The molecular weight excluding hydrogens is 368 g/mol. The standard InChI is InChI=1S/C18H13BrN4O/c19-16-11-21-22-8-7-13(9-17(16)22)18(24)23(15-5-6-15)14-3-1-12(10-20)2-4-14/h1-4,7-9,11,15H,5-6H2. The van der Waals surface area contributed by atoms with E-state index in [0.29, 0.717) is 11.1 Å². The lowest BCUT2D eigenvalue weighted by atomic mass is 10.1. The number of fused-ring (bicyclic) bond motifs is 1. The number of carbonyl (C=O) groups excluding carboxylic acids is 1. The highest BCUT2D eigenvalue weighted by atomic mass is 79.9. The topological polar surface area (TPSA) is 61.4 Å². The maximum absolute atomic E-state index is 13.1. The molecule has 4 rings (SSSR count). The third-order valence-electron chi connectivity index (χ3n) is 4.13. The van der Waals surface area contributed by atoms with Gasteiger partial charge in [0.05, 0.1) is 27.8 Å². The first-order valence-corrected chi connectivity index (χ1v) is 8.43. The zero-order valence-corrected chi connectivity index (χ0v) is 14.3. The summed E-state index contributed by atoms with van der Waals surface area (Å²) in [4.78, 5) is 14.9. The molecule has 1 aliphatic carbocycles. The fourth-order valence-electron chi connectivity index (χ4n) is 2.75. The number of nitrogens with zero attached hydrogens (tertiary/aromatic N) is 4. The minimum absolute atomic E-state index is 0.0298. The van der Waals surface area contributed by atoms with Crippen molar-refractivity contribution in [1.29, 1.82) is 5.26 Å². The Hall–Kier alpha value is -2.65. The fraction of sp³-hybridized carbons (Fsp3) is 0.167. The van der Waals surface area contributed by atoms with E-state index in [1.165, 1.54) is 0 Å². The Morgan fingerprint density at radius 1 is 1.29 bits per heavy atom. The van der Waals surface area contributed by atoms with Crippen molar-refractivity contribution < 1.29 is 4.79 Å². The summed E-state index contributed by atoms with van der Waals surface area (Å²) in [7, 11) is 0. The minimum Gasteiger partial charge on any atom is -0.305 e. The van der Waals surface area contributed by atoms with E-state index in [1.54, 1.807) is 35.1 Å². The molecule has 1 aliphatic rings. The molecule has 0 unspecified atom stereocenters. The fourth-order valence-corrected chi connectivity index (χ4v) is 3.13. The number of carbonyl (C=O) groups is 1. The van der Waals surface area contributed by atoms with Gasteiger partial charge in [0.25, 0.3) is 5.91 Å². The van der Waals surface area contributed by atoms with Crippen molar-refractivity contribution >= 4 is 33.0 Å². The van der Waals surface area contributed by atoms with E-state index in [1.807, 2.05) is 23.1 Å². The van der Waals surface area contributed by atoms with Crippen LogP contribution in [0.25, 0.3) is 5.52 Å². The second kappa shape index (κ2) is 5.77. The van der Waals surface area contributed by atoms with E-state index < -0.39 is 0 Å². The summed E-state index contributed by atoms with van der Waals surface area (Å²) >= 11 is 3.45. The lowest BCUT2D eigenvalue weighted by Crippen LogP contribution is -2.33. The second-order valence-corrected chi connectivity index (χ2v) is 6.66. The lowest BCUT2D eigenvalue weighted by molar-refractivity contribution is 0.0985. The number of amides is 1. The van der Waals surface area contributed by atoms with Crippen molar-refractivity contribution in [2.75, 3.05) is 4.90 Å². The monoisotopic (exact) mass is 380 g/mol. The summed E-state index contributed by atoms with van der Waals surface area (Å²) in [5.74, 6) is -0.0298. The molecule has 0 saturated heterocycles. The maximum atomic E-state index is 13.1. The van der Waals surface area contributed by atoms with Crippen LogP contribution in [0.2, 0.25) is 0 Å². The molecule has 2 aromatic heterocycles. The Morgan fingerprint density at radius 2 is 2.04 bits per heavy atom. The normalized spacial score (nSPS) is 13.7. The van der Waals surface area contributed by atoms with Gasteiger partial charge in [-0.15, -0.1) is 0 Å². The van der Waals surface area contributed by atoms with Crippen LogP contribution in [0.1, 0.15) is 28.8 Å². The van der Waals surface area contributed by atoms with Crippen LogP contribution < -0.4 is 4.90 Å². The Morgan fingerprint density at radius 3 is 2.71 bits per heavy atom. The summed E-state index contributed by atoms with van der Waals surface area (Å²) in [6, 6.07) is 13.1. The molecule has 3 aromatic rings. The quantitative estimate of drug-likeness (QED) is 0.694. The Labute approximate surface area is 147 Å². The Bertz CT molecular complexity index is 967. The maximum Gasteiger partial charge on any atom is 0.258 e. The van der Waals surface area contributed by atoms with Crippen molar-refractivity contribution in [3.05, 3.63) is 64.4 Å². The average Bonchev–Trinajstić information content (AvgIpc) is 3.38. The van der Waals surface area contributed by atoms with E-state index in [9.17, 15) is 4.79 Å². The van der Waals surface area contributed by atoms with Crippen LogP contribution in [0, 0.1) is 11.3 Å². The molecular formula is C18H13BrN4O. The van der Waals surface area contributed by atoms with Gasteiger partial charge >= 0.3 is 0 Å². The van der Waals surface area contributed by atoms with Gasteiger partial charge in [0.2, 0.25) is 0 Å². The number of pyridine rings is 1. The molecule has 5 nitrogen and oxygen atoms in total. The molecule has 1 fully saturated rings. The Balaban J connectivity index is 1.73. The van der Waals surface area contributed by atoms with Gasteiger partial charge in [-0.25, -0.2) is 4.52 Å². The number of rotatable bonds is 3. The lowest BCUT2D eigenvalue weighted by Gasteiger charge is -2.23. The SMILES string of the molecule is N#Cc1ccc(N(C(=O)c2ccn3ncc(Br)c3c2)C2CC2)cc1. The summed E-state index contributed by atoms with van der Waals surface area (Å²) in [5, 5.41) is 13.1.